The van der Waals surface area contributed by atoms with Gasteiger partial charge in [0.05, 0.1) is 0 Å². The molecule has 4 unspecified atom stereocenters. The van der Waals surface area contributed by atoms with E-state index < -0.39 is 0 Å². The van der Waals surface area contributed by atoms with Gasteiger partial charge in [-0.2, -0.15) is 0 Å². The third kappa shape index (κ3) is 2.46. The Kier molecular flexibility index (Phi) is 4.21. The predicted molar refractivity (Wildman–Crippen MR) is 122 cm³/mol. The molecule has 156 valence electrons. The number of benzene rings is 2. The normalized spacial score (nSPS) is 35.5. The smallest absolute Gasteiger partial charge is 0.188 e. The summed E-state index contributed by atoms with van der Waals surface area (Å²) in [6.45, 7) is 2.13. The van der Waals surface area contributed by atoms with Crippen LogP contribution in [0.3, 0.4) is 0 Å². The van der Waals surface area contributed by atoms with Crippen LogP contribution in [-0.2, 0) is 5.41 Å². The van der Waals surface area contributed by atoms with Crippen LogP contribution in [0.15, 0.2) is 53.5 Å². The Bertz CT molecular complexity index is 984. The number of aliphatic imine (C=N–C) groups is 1. The second-order valence-electron chi connectivity index (χ2n) is 9.82. The lowest BCUT2D eigenvalue weighted by molar-refractivity contribution is 0.264. The maximum Gasteiger partial charge on any atom is 0.188 e. The van der Waals surface area contributed by atoms with Crippen LogP contribution < -0.4 is 16.4 Å². The highest BCUT2D eigenvalue weighted by Gasteiger charge is 2.79. The molecule has 4 atom stereocenters. The first-order chi connectivity index (χ1) is 14.7. The molecule has 0 aliphatic heterocycles. The van der Waals surface area contributed by atoms with Crippen LogP contribution in [-0.4, -0.2) is 32.1 Å². The van der Waals surface area contributed by atoms with Gasteiger partial charge >= 0.3 is 0 Å². The largest absolute Gasteiger partial charge is 0.370 e. The van der Waals surface area contributed by atoms with E-state index in [1.54, 1.807) is 29.3 Å². The summed E-state index contributed by atoms with van der Waals surface area (Å²) >= 11 is 0. The number of nitrogens with two attached hydrogens (primary N) is 1. The molecule has 2 fully saturated rings. The Morgan fingerprint density at radius 1 is 0.933 bits per heavy atom. The lowest BCUT2D eigenvalue weighted by Crippen LogP contribution is -2.41. The van der Waals surface area contributed by atoms with Gasteiger partial charge in [0.15, 0.2) is 5.96 Å². The Morgan fingerprint density at radius 3 is 2.30 bits per heavy atom. The van der Waals surface area contributed by atoms with Gasteiger partial charge in [0.1, 0.15) is 0 Å². The van der Waals surface area contributed by atoms with Crippen molar-refractivity contribution in [2.75, 3.05) is 20.1 Å². The summed E-state index contributed by atoms with van der Waals surface area (Å²) in [4.78, 5) is 3.99. The quantitative estimate of drug-likeness (QED) is 0.532. The van der Waals surface area contributed by atoms with Gasteiger partial charge in [0.2, 0.25) is 0 Å². The minimum Gasteiger partial charge on any atom is -0.370 e. The molecular formula is C26H32N4. The van der Waals surface area contributed by atoms with Crippen LogP contribution in [0.2, 0.25) is 0 Å². The summed E-state index contributed by atoms with van der Waals surface area (Å²) in [6, 6.07) is 19.0. The van der Waals surface area contributed by atoms with Crippen molar-refractivity contribution in [1.29, 1.82) is 0 Å². The zero-order valence-corrected chi connectivity index (χ0v) is 17.8. The molecule has 0 heterocycles. The first-order valence-electron chi connectivity index (χ1n) is 11.6. The van der Waals surface area contributed by atoms with E-state index in [1.165, 1.54) is 32.2 Å². The van der Waals surface area contributed by atoms with Crippen molar-refractivity contribution in [2.45, 2.75) is 49.0 Å². The van der Waals surface area contributed by atoms with Crippen molar-refractivity contribution < 1.29 is 0 Å². The molecule has 6 rings (SSSR count). The predicted octanol–water partition coefficient (Wildman–Crippen LogP) is 3.48. The van der Waals surface area contributed by atoms with Gasteiger partial charge in [0, 0.05) is 36.9 Å². The fourth-order valence-electron chi connectivity index (χ4n) is 7.05. The molecule has 0 saturated heterocycles. The number of hydrogen-bond donors (Lipinski definition) is 3. The highest BCUT2D eigenvalue weighted by Crippen LogP contribution is 2.80. The van der Waals surface area contributed by atoms with Gasteiger partial charge in [-0.25, -0.2) is 0 Å². The lowest BCUT2D eigenvalue weighted by atomic mass is 9.63. The first kappa shape index (κ1) is 18.4. The molecule has 0 bridgehead atoms. The number of fused-ring (bicyclic) bond motifs is 5. The summed E-state index contributed by atoms with van der Waals surface area (Å²) in [5.74, 6) is 3.38. The average Bonchev–Trinajstić information content (AvgIpc) is 3.40. The van der Waals surface area contributed by atoms with Crippen LogP contribution in [0.5, 0.6) is 0 Å². The number of guanidine groups is 1. The average molecular weight is 401 g/mol. The molecule has 4 aliphatic rings. The molecule has 30 heavy (non-hydrogen) atoms. The van der Waals surface area contributed by atoms with E-state index in [-0.39, 0.29) is 0 Å². The molecule has 4 aliphatic carbocycles. The number of nitrogens with one attached hydrogen (secondary N) is 2. The summed E-state index contributed by atoms with van der Waals surface area (Å²) < 4.78 is 0. The number of rotatable bonds is 5. The monoisotopic (exact) mass is 400 g/mol. The van der Waals surface area contributed by atoms with E-state index in [2.05, 4.69) is 64.2 Å². The van der Waals surface area contributed by atoms with Crippen molar-refractivity contribution in [3.8, 4) is 0 Å². The highest BCUT2D eigenvalue weighted by atomic mass is 15.1. The van der Waals surface area contributed by atoms with Gasteiger partial charge < -0.3 is 16.4 Å². The minimum atomic E-state index is 0.346. The van der Waals surface area contributed by atoms with Gasteiger partial charge in [-0.05, 0) is 66.3 Å². The van der Waals surface area contributed by atoms with Crippen LogP contribution in [0.1, 0.15) is 59.8 Å². The van der Waals surface area contributed by atoms with Crippen molar-refractivity contribution >= 4 is 5.96 Å². The molecule has 4 heteroatoms. The fourth-order valence-corrected chi connectivity index (χ4v) is 7.05. The van der Waals surface area contributed by atoms with Crippen molar-refractivity contribution in [1.82, 2.24) is 10.6 Å². The number of hydrogen-bond acceptors (Lipinski definition) is 2. The van der Waals surface area contributed by atoms with Gasteiger partial charge in [-0.15, -0.1) is 0 Å². The van der Waals surface area contributed by atoms with E-state index >= 15 is 0 Å². The molecule has 2 saturated carbocycles. The summed E-state index contributed by atoms with van der Waals surface area (Å²) in [5, 5.41) is 7.30. The molecule has 0 radical (unpaired) electrons. The third-order valence-electron chi connectivity index (χ3n) is 8.52. The highest BCUT2D eigenvalue weighted by molar-refractivity contribution is 5.77. The number of nitrogens with zero attached hydrogens (tertiary/aromatic N) is 1. The SMILES string of the molecule is CN=C(N)NCC1CCC(CNC2C3c4ccccc4C4c5ccccc5C423)CC1. The molecule has 4 N–H and O–H groups in total. The van der Waals surface area contributed by atoms with Crippen LogP contribution in [0.4, 0.5) is 0 Å². The molecule has 2 aromatic carbocycles. The maximum atomic E-state index is 5.78. The first-order valence-corrected chi connectivity index (χ1v) is 11.6. The molecule has 4 nitrogen and oxygen atoms in total. The third-order valence-corrected chi connectivity index (χ3v) is 8.52. The Labute approximate surface area is 179 Å². The Balaban J connectivity index is 1.11. The van der Waals surface area contributed by atoms with Crippen molar-refractivity contribution in [3.63, 3.8) is 0 Å². The summed E-state index contributed by atoms with van der Waals surface area (Å²) in [6.07, 6.45) is 5.24. The summed E-state index contributed by atoms with van der Waals surface area (Å²) in [7, 11) is 1.74. The van der Waals surface area contributed by atoms with Crippen LogP contribution in [0.25, 0.3) is 0 Å². The second-order valence-corrected chi connectivity index (χ2v) is 9.82. The minimum absolute atomic E-state index is 0.346. The molecular weight excluding hydrogens is 368 g/mol. The molecule has 0 amide bonds. The van der Waals surface area contributed by atoms with E-state index in [0.29, 0.717) is 29.3 Å². The fraction of sp³-hybridized carbons (Fsp3) is 0.500. The Hall–Kier alpha value is -2.33. The standard InChI is InChI=1S/C26H32N4/c1-28-25(27)30-15-17-12-10-16(11-13-17)14-29-24-23-19-7-3-2-6-18(19)22-20-8-4-5-9-21(20)26(22,23)24/h2-9,16-17,22-24,29H,10-15H2,1H3,(H3,27,28,30). The summed E-state index contributed by atoms with van der Waals surface area (Å²) in [5.41, 5.74) is 12.5. The second kappa shape index (κ2) is 6.84. The van der Waals surface area contributed by atoms with E-state index in [1.807, 2.05) is 0 Å². The van der Waals surface area contributed by atoms with E-state index in [4.69, 9.17) is 5.73 Å². The van der Waals surface area contributed by atoms with Crippen LogP contribution in [0, 0.1) is 11.8 Å². The zero-order valence-electron chi connectivity index (χ0n) is 17.8. The van der Waals surface area contributed by atoms with Crippen molar-refractivity contribution in [2.24, 2.45) is 22.6 Å². The Morgan fingerprint density at radius 2 is 1.57 bits per heavy atom. The van der Waals surface area contributed by atoms with Gasteiger partial charge in [0.25, 0.3) is 0 Å². The zero-order chi connectivity index (χ0) is 20.3. The molecule has 0 aromatic heterocycles. The lowest BCUT2D eigenvalue weighted by Gasteiger charge is -2.40. The van der Waals surface area contributed by atoms with E-state index in [0.717, 1.165) is 18.4 Å². The molecule has 2 aromatic rings. The van der Waals surface area contributed by atoms with Crippen LogP contribution >= 0.6 is 0 Å². The molecule has 1 spiro atoms. The maximum absolute atomic E-state index is 5.78. The van der Waals surface area contributed by atoms with Gasteiger partial charge in [-0.3, -0.25) is 4.99 Å². The topological polar surface area (TPSA) is 62.4 Å². The van der Waals surface area contributed by atoms with Gasteiger partial charge in [-0.1, -0.05) is 48.5 Å². The van der Waals surface area contributed by atoms with Crippen molar-refractivity contribution in [3.05, 3.63) is 70.8 Å². The van der Waals surface area contributed by atoms with E-state index in [9.17, 15) is 0 Å².